The molecule has 2 rings (SSSR count). The van der Waals surface area contributed by atoms with E-state index in [1.54, 1.807) is 6.07 Å². The Bertz CT molecular complexity index is 402. The highest BCUT2D eigenvalue weighted by molar-refractivity contribution is 5.35. The summed E-state index contributed by atoms with van der Waals surface area (Å²) >= 11 is 0. The molecule has 0 aromatic heterocycles. The summed E-state index contributed by atoms with van der Waals surface area (Å²) in [6.45, 7) is 7.55. The smallest absolute Gasteiger partial charge is 0.120 e. The summed E-state index contributed by atoms with van der Waals surface area (Å²) in [7, 11) is 0. The molecule has 0 atom stereocenters. The number of phenolic OH excluding ortho intramolecular Hbond substituents is 1. The van der Waals surface area contributed by atoms with E-state index in [-0.39, 0.29) is 0 Å². The van der Waals surface area contributed by atoms with Crippen molar-refractivity contribution < 1.29 is 5.11 Å². The van der Waals surface area contributed by atoms with Crippen molar-refractivity contribution in [2.75, 3.05) is 0 Å². The topological polar surface area (TPSA) is 32.3 Å². The van der Waals surface area contributed by atoms with Gasteiger partial charge in [-0.25, -0.2) is 0 Å². The minimum absolute atomic E-state index is 0.407. The highest BCUT2D eigenvalue weighted by Gasteiger charge is 2.26. The predicted octanol–water partition coefficient (Wildman–Crippen LogP) is 3.76. The molecule has 100 valence electrons. The van der Waals surface area contributed by atoms with Gasteiger partial charge in [-0.1, -0.05) is 31.5 Å². The molecular formula is C16H25NO. The molecule has 1 aliphatic rings. The summed E-state index contributed by atoms with van der Waals surface area (Å²) in [4.78, 5) is 0. The largest absolute Gasteiger partial charge is 0.508 e. The lowest BCUT2D eigenvalue weighted by Gasteiger charge is -2.34. The van der Waals surface area contributed by atoms with Crippen LogP contribution in [0.2, 0.25) is 0 Å². The third kappa shape index (κ3) is 3.49. The summed E-state index contributed by atoms with van der Waals surface area (Å²) in [6.07, 6.45) is 5.09. The van der Waals surface area contributed by atoms with Crippen molar-refractivity contribution in [2.45, 2.75) is 59.0 Å². The van der Waals surface area contributed by atoms with Crippen LogP contribution in [0.4, 0.5) is 0 Å². The third-order valence-electron chi connectivity index (χ3n) is 4.16. The number of hydrogen-bond donors (Lipinski definition) is 2. The van der Waals surface area contributed by atoms with E-state index in [0.717, 1.165) is 12.1 Å². The first-order chi connectivity index (χ1) is 8.46. The average Bonchev–Trinajstić information content (AvgIpc) is 2.32. The second-order valence-corrected chi connectivity index (χ2v) is 6.45. The van der Waals surface area contributed by atoms with Gasteiger partial charge < -0.3 is 10.4 Å². The van der Waals surface area contributed by atoms with E-state index in [9.17, 15) is 5.11 Å². The molecule has 2 N–H and O–H groups in total. The van der Waals surface area contributed by atoms with Gasteiger partial charge in [-0.05, 0) is 44.1 Å². The maximum atomic E-state index is 9.81. The quantitative estimate of drug-likeness (QED) is 0.852. The molecule has 18 heavy (non-hydrogen) atoms. The maximum absolute atomic E-state index is 9.81. The van der Waals surface area contributed by atoms with Gasteiger partial charge in [0.15, 0.2) is 0 Å². The zero-order valence-corrected chi connectivity index (χ0v) is 11.8. The Kier molecular flexibility index (Phi) is 3.96. The van der Waals surface area contributed by atoms with Crippen LogP contribution in [-0.2, 0) is 6.54 Å². The van der Waals surface area contributed by atoms with E-state index in [1.807, 2.05) is 6.07 Å². The summed E-state index contributed by atoms with van der Waals surface area (Å²) in [6, 6.07) is 6.41. The maximum Gasteiger partial charge on any atom is 0.120 e. The molecule has 1 aliphatic carbocycles. The minimum atomic E-state index is 0.407. The van der Waals surface area contributed by atoms with Gasteiger partial charge in [0, 0.05) is 18.2 Å². The van der Waals surface area contributed by atoms with Crippen LogP contribution in [0, 0.1) is 12.3 Å². The normalized spacial score (nSPS) is 19.9. The fraction of sp³-hybridized carbons (Fsp3) is 0.625. The first kappa shape index (κ1) is 13.4. The van der Waals surface area contributed by atoms with E-state index in [4.69, 9.17) is 0 Å². The van der Waals surface area contributed by atoms with Gasteiger partial charge in [0.25, 0.3) is 0 Å². The number of hydrogen-bond acceptors (Lipinski definition) is 2. The number of phenols is 1. The molecule has 0 amide bonds. The Labute approximate surface area is 110 Å². The Balaban J connectivity index is 1.87. The molecule has 0 radical (unpaired) electrons. The van der Waals surface area contributed by atoms with Crippen molar-refractivity contribution in [2.24, 2.45) is 5.41 Å². The monoisotopic (exact) mass is 247 g/mol. The van der Waals surface area contributed by atoms with Crippen molar-refractivity contribution in [3.8, 4) is 5.75 Å². The molecule has 0 bridgehead atoms. The fourth-order valence-corrected chi connectivity index (χ4v) is 2.71. The molecule has 0 heterocycles. The zero-order chi connectivity index (χ0) is 13.2. The summed E-state index contributed by atoms with van der Waals surface area (Å²) in [5.41, 5.74) is 2.73. The van der Waals surface area contributed by atoms with Gasteiger partial charge in [-0.15, -0.1) is 0 Å². The zero-order valence-electron chi connectivity index (χ0n) is 11.8. The molecule has 1 aromatic carbocycles. The fourth-order valence-electron chi connectivity index (χ4n) is 2.71. The lowest BCUT2D eigenvalue weighted by atomic mass is 9.75. The number of aryl methyl sites for hydroxylation is 1. The lowest BCUT2D eigenvalue weighted by molar-refractivity contribution is 0.205. The Morgan fingerprint density at radius 2 is 1.94 bits per heavy atom. The molecule has 2 heteroatoms. The van der Waals surface area contributed by atoms with Crippen LogP contribution in [0.25, 0.3) is 0 Å². The predicted molar refractivity (Wildman–Crippen MR) is 75.7 cm³/mol. The van der Waals surface area contributed by atoms with Crippen LogP contribution in [0.1, 0.15) is 50.7 Å². The van der Waals surface area contributed by atoms with Gasteiger partial charge >= 0.3 is 0 Å². The van der Waals surface area contributed by atoms with Crippen LogP contribution in [0.15, 0.2) is 18.2 Å². The Morgan fingerprint density at radius 3 is 2.61 bits per heavy atom. The minimum Gasteiger partial charge on any atom is -0.508 e. The average molecular weight is 247 g/mol. The molecule has 0 spiro atoms. The number of rotatable bonds is 3. The van der Waals surface area contributed by atoms with E-state index in [1.165, 1.54) is 31.2 Å². The molecule has 0 unspecified atom stereocenters. The SMILES string of the molecule is Cc1ccc(O)c(CNC2CCC(C)(C)CC2)c1. The van der Waals surface area contributed by atoms with Gasteiger partial charge in [-0.3, -0.25) is 0 Å². The van der Waals surface area contributed by atoms with Crippen LogP contribution in [0.3, 0.4) is 0 Å². The second-order valence-electron chi connectivity index (χ2n) is 6.45. The Morgan fingerprint density at radius 1 is 1.28 bits per heavy atom. The standard InChI is InChI=1S/C16H25NO/c1-12-4-5-15(18)13(10-12)11-17-14-6-8-16(2,3)9-7-14/h4-5,10,14,17-18H,6-9,11H2,1-3H3. The third-order valence-corrected chi connectivity index (χ3v) is 4.16. The highest BCUT2D eigenvalue weighted by atomic mass is 16.3. The van der Waals surface area contributed by atoms with Crippen molar-refractivity contribution in [1.82, 2.24) is 5.32 Å². The van der Waals surface area contributed by atoms with Crippen molar-refractivity contribution >= 4 is 0 Å². The van der Waals surface area contributed by atoms with Gasteiger partial charge in [0.05, 0.1) is 0 Å². The van der Waals surface area contributed by atoms with Crippen molar-refractivity contribution in [3.63, 3.8) is 0 Å². The van der Waals surface area contributed by atoms with E-state index >= 15 is 0 Å². The van der Waals surface area contributed by atoms with Crippen LogP contribution in [-0.4, -0.2) is 11.1 Å². The molecule has 0 saturated heterocycles. The molecule has 1 saturated carbocycles. The van der Waals surface area contributed by atoms with E-state index in [0.29, 0.717) is 17.2 Å². The van der Waals surface area contributed by atoms with Crippen molar-refractivity contribution in [1.29, 1.82) is 0 Å². The first-order valence-corrected chi connectivity index (χ1v) is 6.98. The molecule has 1 fully saturated rings. The summed E-state index contributed by atoms with van der Waals surface area (Å²) in [5.74, 6) is 0.407. The molecule has 1 aromatic rings. The van der Waals surface area contributed by atoms with Gasteiger partial charge in [-0.2, -0.15) is 0 Å². The lowest BCUT2D eigenvalue weighted by Crippen LogP contribution is -2.35. The Hall–Kier alpha value is -1.02. The molecule has 2 nitrogen and oxygen atoms in total. The first-order valence-electron chi connectivity index (χ1n) is 6.98. The van der Waals surface area contributed by atoms with E-state index in [2.05, 4.69) is 32.2 Å². The second kappa shape index (κ2) is 5.31. The number of nitrogens with one attached hydrogen (secondary N) is 1. The van der Waals surface area contributed by atoms with Crippen LogP contribution >= 0.6 is 0 Å². The van der Waals surface area contributed by atoms with E-state index < -0.39 is 0 Å². The van der Waals surface area contributed by atoms with Crippen LogP contribution < -0.4 is 5.32 Å². The van der Waals surface area contributed by atoms with Crippen LogP contribution in [0.5, 0.6) is 5.75 Å². The number of aromatic hydroxyl groups is 1. The van der Waals surface area contributed by atoms with Crippen molar-refractivity contribution in [3.05, 3.63) is 29.3 Å². The molecular weight excluding hydrogens is 222 g/mol. The summed E-state index contributed by atoms with van der Waals surface area (Å²) < 4.78 is 0. The molecule has 0 aliphatic heterocycles. The highest BCUT2D eigenvalue weighted by Crippen LogP contribution is 2.35. The van der Waals surface area contributed by atoms with Gasteiger partial charge in [0.1, 0.15) is 5.75 Å². The van der Waals surface area contributed by atoms with Gasteiger partial charge in [0.2, 0.25) is 0 Å². The number of benzene rings is 1. The summed E-state index contributed by atoms with van der Waals surface area (Å²) in [5, 5.41) is 13.4.